The molecule has 0 fully saturated rings. The van der Waals surface area contributed by atoms with Gasteiger partial charge in [-0.05, 0) is 54.5 Å². The highest BCUT2D eigenvalue weighted by Gasteiger charge is 2.08. The Hall–Kier alpha value is -2.93. The highest BCUT2D eigenvalue weighted by Crippen LogP contribution is 2.19. The van der Waals surface area contributed by atoms with Crippen LogP contribution in [0.2, 0.25) is 0 Å². The number of carbonyl (C=O) groups excluding carboxylic acids is 1. The molecule has 0 aliphatic heterocycles. The van der Waals surface area contributed by atoms with Gasteiger partial charge in [0, 0.05) is 0 Å². The summed E-state index contributed by atoms with van der Waals surface area (Å²) in [6.45, 7) is 19.1. The van der Waals surface area contributed by atoms with E-state index in [0.717, 1.165) is 18.4 Å². The van der Waals surface area contributed by atoms with E-state index in [4.69, 9.17) is 23.7 Å². The molecule has 0 aliphatic rings. The van der Waals surface area contributed by atoms with Crippen LogP contribution in [-0.2, 0) is 30.3 Å². The number of ether oxygens (including phenoxy) is 5. The average molecular weight is 527 g/mol. The lowest BCUT2D eigenvalue weighted by Gasteiger charge is -2.10. The zero-order valence-corrected chi connectivity index (χ0v) is 23.7. The molecular weight excluding hydrogens is 480 g/mol. The monoisotopic (exact) mass is 526 g/mol. The first-order valence-electron chi connectivity index (χ1n) is 13.4. The molecule has 2 atom stereocenters. The van der Waals surface area contributed by atoms with Crippen LogP contribution >= 0.6 is 0 Å². The zero-order valence-electron chi connectivity index (χ0n) is 23.7. The van der Waals surface area contributed by atoms with Crippen molar-refractivity contribution in [3.05, 3.63) is 90.2 Å². The average Bonchev–Trinajstić information content (AvgIpc) is 2.96. The molecule has 6 nitrogen and oxygen atoms in total. The summed E-state index contributed by atoms with van der Waals surface area (Å²) in [5.41, 5.74) is 4.12. The lowest BCUT2D eigenvalue weighted by atomic mass is 9.98. The number of esters is 1. The van der Waals surface area contributed by atoms with E-state index in [-0.39, 0.29) is 12.6 Å². The predicted molar refractivity (Wildman–Crippen MR) is 154 cm³/mol. The molecule has 0 radical (unpaired) electrons. The Labute approximate surface area is 229 Å². The quantitative estimate of drug-likeness (QED) is 0.116. The Bertz CT molecular complexity index is 891. The van der Waals surface area contributed by atoms with Gasteiger partial charge in [0.15, 0.2) is 0 Å². The molecule has 0 aliphatic carbocycles. The minimum atomic E-state index is -0.323. The first-order chi connectivity index (χ1) is 18.4. The van der Waals surface area contributed by atoms with Crippen molar-refractivity contribution in [2.24, 2.45) is 0 Å². The van der Waals surface area contributed by atoms with Crippen LogP contribution < -0.4 is 0 Å². The third-order valence-corrected chi connectivity index (χ3v) is 5.94. The highest BCUT2D eigenvalue weighted by molar-refractivity contribution is 5.89. The van der Waals surface area contributed by atoms with Gasteiger partial charge in [-0.1, -0.05) is 76.4 Å². The fraction of sp³-hybridized carbons (Fsp3) is 0.469. The van der Waals surface area contributed by atoms with E-state index >= 15 is 0 Å². The van der Waals surface area contributed by atoms with Crippen molar-refractivity contribution in [1.82, 2.24) is 0 Å². The molecule has 0 heterocycles. The first-order valence-corrected chi connectivity index (χ1v) is 13.4. The Balaban J connectivity index is 0.000000389. The molecule has 0 saturated heterocycles. The second kappa shape index (κ2) is 21.1. The fourth-order valence-electron chi connectivity index (χ4n) is 3.12. The van der Waals surface area contributed by atoms with Crippen LogP contribution in [-0.4, -0.2) is 51.7 Å². The first kappa shape index (κ1) is 33.1. The second-order valence-corrected chi connectivity index (χ2v) is 8.81. The molecule has 38 heavy (non-hydrogen) atoms. The number of hydrogen-bond donors (Lipinski definition) is 0. The molecule has 210 valence electrons. The molecular formula is C32H46O6. The summed E-state index contributed by atoms with van der Waals surface area (Å²) in [7, 11) is 0. The number of hydrogen-bond acceptors (Lipinski definition) is 6. The lowest BCUT2D eigenvalue weighted by Crippen LogP contribution is -2.12. The summed E-state index contributed by atoms with van der Waals surface area (Å²) in [6.07, 6.45) is 5.65. The standard InChI is InChI=1S/C17H24O4.C15H22O2/c1-4-14(3)15-6-8-16(9-7-15)17(18)21-13-12-20-11-10-19-5-2;1-4-13(3)17-11-10-16-12-15-8-6-14(5-2)7-9-15/h5-9,14H,2,4,10-13H2,1,3H3;5-9,13H,2,4,10-12H2,1,3H3. The van der Waals surface area contributed by atoms with Crippen molar-refractivity contribution in [2.45, 2.75) is 59.2 Å². The van der Waals surface area contributed by atoms with Crippen molar-refractivity contribution in [2.75, 3.05) is 39.6 Å². The summed E-state index contributed by atoms with van der Waals surface area (Å²) in [5.74, 6) is 0.179. The van der Waals surface area contributed by atoms with Crippen LogP contribution in [0.5, 0.6) is 0 Å². The van der Waals surface area contributed by atoms with E-state index < -0.39 is 0 Å². The van der Waals surface area contributed by atoms with Gasteiger partial charge in [0.1, 0.15) is 13.2 Å². The third kappa shape index (κ3) is 14.7. The number of rotatable bonds is 18. The molecule has 0 bridgehead atoms. The van der Waals surface area contributed by atoms with Gasteiger partial charge < -0.3 is 23.7 Å². The molecule has 2 aromatic rings. The van der Waals surface area contributed by atoms with Gasteiger partial charge in [-0.15, -0.1) is 0 Å². The minimum absolute atomic E-state index is 0.236. The Kier molecular flexibility index (Phi) is 18.3. The summed E-state index contributed by atoms with van der Waals surface area (Å²) in [5, 5.41) is 0. The van der Waals surface area contributed by atoms with Crippen LogP contribution in [0, 0.1) is 0 Å². The summed E-state index contributed by atoms with van der Waals surface area (Å²) in [4.78, 5) is 11.8. The molecule has 6 heteroatoms. The molecule has 2 aromatic carbocycles. The topological polar surface area (TPSA) is 63.2 Å². The van der Waals surface area contributed by atoms with Crippen molar-refractivity contribution in [1.29, 1.82) is 0 Å². The van der Waals surface area contributed by atoms with Gasteiger partial charge in [-0.3, -0.25) is 0 Å². The van der Waals surface area contributed by atoms with Gasteiger partial charge in [0.05, 0.1) is 51.0 Å². The van der Waals surface area contributed by atoms with E-state index in [9.17, 15) is 4.79 Å². The second-order valence-electron chi connectivity index (χ2n) is 8.81. The van der Waals surface area contributed by atoms with Gasteiger partial charge in [-0.2, -0.15) is 0 Å². The van der Waals surface area contributed by atoms with Gasteiger partial charge in [0.25, 0.3) is 0 Å². The van der Waals surface area contributed by atoms with Crippen LogP contribution in [0.4, 0.5) is 0 Å². The molecule has 2 unspecified atom stereocenters. The van der Waals surface area contributed by atoms with Crippen LogP contribution in [0.3, 0.4) is 0 Å². The van der Waals surface area contributed by atoms with Gasteiger partial charge in [-0.25, -0.2) is 4.79 Å². The van der Waals surface area contributed by atoms with Crippen molar-refractivity contribution < 1.29 is 28.5 Å². The highest BCUT2D eigenvalue weighted by atomic mass is 16.6. The van der Waals surface area contributed by atoms with E-state index in [1.54, 1.807) is 0 Å². The maximum absolute atomic E-state index is 11.8. The molecule has 0 N–H and O–H groups in total. The van der Waals surface area contributed by atoms with Crippen molar-refractivity contribution in [3.63, 3.8) is 0 Å². The number of benzene rings is 2. The minimum Gasteiger partial charge on any atom is -0.499 e. The van der Waals surface area contributed by atoms with E-state index in [0.29, 0.717) is 57.2 Å². The van der Waals surface area contributed by atoms with Crippen LogP contribution in [0.1, 0.15) is 73.5 Å². The molecule has 2 rings (SSSR count). The maximum atomic E-state index is 11.8. The van der Waals surface area contributed by atoms with E-state index in [1.807, 2.05) is 42.5 Å². The van der Waals surface area contributed by atoms with Gasteiger partial charge >= 0.3 is 5.97 Å². The third-order valence-electron chi connectivity index (χ3n) is 5.94. The van der Waals surface area contributed by atoms with Crippen LogP contribution in [0.15, 0.2) is 68.0 Å². The summed E-state index contributed by atoms with van der Waals surface area (Å²) >= 11 is 0. The molecule has 0 amide bonds. The largest absolute Gasteiger partial charge is 0.499 e. The normalized spacial score (nSPS) is 12.0. The fourth-order valence-corrected chi connectivity index (χ4v) is 3.12. The predicted octanol–water partition coefficient (Wildman–Crippen LogP) is 7.19. The summed E-state index contributed by atoms with van der Waals surface area (Å²) in [6, 6.07) is 15.8. The Morgan fingerprint density at radius 1 is 0.816 bits per heavy atom. The molecule has 0 saturated carbocycles. The van der Waals surface area contributed by atoms with Crippen LogP contribution in [0.25, 0.3) is 6.08 Å². The van der Waals surface area contributed by atoms with Gasteiger partial charge in [0.2, 0.25) is 0 Å². The van der Waals surface area contributed by atoms with E-state index in [1.165, 1.54) is 17.4 Å². The maximum Gasteiger partial charge on any atom is 0.338 e. The SMILES string of the molecule is C=COCCOCCOC(=O)c1ccc(C(C)CC)cc1.C=Cc1ccc(COCCOC(C)CC)cc1. The van der Waals surface area contributed by atoms with Crippen molar-refractivity contribution >= 4 is 12.0 Å². The molecule has 0 aromatic heterocycles. The van der Waals surface area contributed by atoms with E-state index in [2.05, 4.69) is 53.0 Å². The zero-order chi connectivity index (χ0) is 28.0. The lowest BCUT2D eigenvalue weighted by molar-refractivity contribution is 0.00633. The Morgan fingerprint density at radius 2 is 1.47 bits per heavy atom. The summed E-state index contributed by atoms with van der Waals surface area (Å²) < 4.78 is 26.3. The number of carbonyl (C=O) groups is 1. The Morgan fingerprint density at radius 3 is 2.08 bits per heavy atom. The smallest absolute Gasteiger partial charge is 0.338 e. The van der Waals surface area contributed by atoms with Crippen molar-refractivity contribution in [3.8, 4) is 0 Å². The molecule has 0 spiro atoms.